The molecule has 0 atom stereocenters. The standard InChI is InChI=1S/C19H18ClN3O5S/c1-3-29(25,26)23-15-5-4-11(8-14(15)20)28-17-6-7-22-16-10-18(27-2)13(19(21)24)9-12(16)17/h4-10,23H,3H2,1-2H3,(H2,21,24). The zero-order chi connectivity index (χ0) is 21.2. The maximum absolute atomic E-state index is 11.7. The number of sulfonamides is 1. The van der Waals surface area contributed by atoms with E-state index >= 15 is 0 Å². The lowest BCUT2D eigenvalue weighted by Gasteiger charge is -2.13. The molecule has 0 aliphatic heterocycles. The molecule has 0 unspecified atom stereocenters. The lowest BCUT2D eigenvalue weighted by atomic mass is 10.1. The number of carbonyl (C=O) groups is 1. The maximum Gasteiger partial charge on any atom is 0.252 e. The van der Waals surface area contributed by atoms with Gasteiger partial charge < -0.3 is 15.2 Å². The van der Waals surface area contributed by atoms with Gasteiger partial charge >= 0.3 is 0 Å². The summed E-state index contributed by atoms with van der Waals surface area (Å²) in [7, 11) is -2.02. The van der Waals surface area contributed by atoms with E-state index in [2.05, 4.69) is 9.71 Å². The Morgan fingerprint density at radius 1 is 1.21 bits per heavy atom. The van der Waals surface area contributed by atoms with Crippen LogP contribution in [0.25, 0.3) is 10.9 Å². The van der Waals surface area contributed by atoms with E-state index in [0.29, 0.717) is 28.2 Å². The van der Waals surface area contributed by atoms with Gasteiger partial charge in [-0.05, 0) is 31.2 Å². The zero-order valence-corrected chi connectivity index (χ0v) is 17.2. The summed E-state index contributed by atoms with van der Waals surface area (Å²) < 4.78 is 36.9. The Morgan fingerprint density at radius 2 is 1.97 bits per heavy atom. The number of aromatic nitrogens is 1. The number of amides is 1. The number of halogens is 1. The van der Waals surface area contributed by atoms with E-state index in [4.69, 9.17) is 26.8 Å². The molecular weight excluding hydrogens is 418 g/mol. The number of hydrogen-bond acceptors (Lipinski definition) is 6. The maximum atomic E-state index is 11.7. The fourth-order valence-corrected chi connectivity index (χ4v) is 3.54. The molecule has 152 valence electrons. The van der Waals surface area contributed by atoms with Gasteiger partial charge in [0.1, 0.15) is 17.2 Å². The summed E-state index contributed by atoms with van der Waals surface area (Å²) in [6.07, 6.45) is 1.55. The van der Waals surface area contributed by atoms with Crippen LogP contribution in [0.4, 0.5) is 5.69 Å². The third-order valence-corrected chi connectivity index (χ3v) is 5.71. The van der Waals surface area contributed by atoms with Crippen LogP contribution in [-0.2, 0) is 10.0 Å². The van der Waals surface area contributed by atoms with Crippen LogP contribution in [0, 0.1) is 0 Å². The molecule has 1 aromatic heterocycles. The number of anilines is 1. The van der Waals surface area contributed by atoms with Crippen molar-refractivity contribution in [2.45, 2.75) is 6.92 Å². The summed E-state index contributed by atoms with van der Waals surface area (Å²) in [4.78, 5) is 16.0. The van der Waals surface area contributed by atoms with Gasteiger partial charge in [0.2, 0.25) is 10.0 Å². The molecule has 3 rings (SSSR count). The molecule has 8 nitrogen and oxygen atoms in total. The Labute approximate surface area is 172 Å². The fourth-order valence-electron chi connectivity index (χ4n) is 2.61. The second-order valence-corrected chi connectivity index (χ2v) is 8.41. The number of nitrogens with two attached hydrogens (primary N) is 1. The molecule has 0 radical (unpaired) electrons. The first-order valence-corrected chi connectivity index (χ1v) is 10.5. The monoisotopic (exact) mass is 435 g/mol. The quantitative estimate of drug-likeness (QED) is 0.585. The molecule has 1 heterocycles. The summed E-state index contributed by atoms with van der Waals surface area (Å²) >= 11 is 6.19. The summed E-state index contributed by atoms with van der Waals surface area (Å²) in [5, 5.41) is 0.728. The number of primary amides is 1. The predicted octanol–water partition coefficient (Wildman–Crippen LogP) is 3.55. The summed E-state index contributed by atoms with van der Waals surface area (Å²) in [6, 6.07) is 9.33. The van der Waals surface area contributed by atoms with E-state index in [9.17, 15) is 13.2 Å². The van der Waals surface area contributed by atoms with Gasteiger partial charge in [0.15, 0.2) is 0 Å². The molecule has 0 saturated carbocycles. The van der Waals surface area contributed by atoms with Crippen molar-refractivity contribution in [2.75, 3.05) is 17.6 Å². The molecule has 0 spiro atoms. The lowest BCUT2D eigenvalue weighted by Crippen LogP contribution is -2.14. The van der Waals surface area contributed by atoms with Crippen molar-refractivity contribution in [1.82, 2.24) is 4.98 Å². The second kappa shape index (κ2) is 8.14. The van der Waals surface area contributed by atoms with Crippen LogP contribution in [0.2, 0.25) is 5.02 Å². The Balaban J connectivity index is 1.99. The zero-order valence-electron chi connectivity index (χ0n) is 15.6. The number of rotatable bonds is 7. The SMILES string of the molecule is CCS(=O)(=O)Nc1ccc(Oc2ccnc3cc(OC)c(C(N)=O)cc23)cc1Cl. The number of hydrogen-bond donors (Lipinski definition) is 2. The number of pyridine rings is 1. The normalized spacial score (nSPS) is 11.3. The minimum atomic E-state index is -3.45. The smallest absolute Gasteiger partial charge is 0.252 e. The Kier molecular flexibility index (Phi) is 5.81. The van der Waals surface area contributed by atoms with Gasteiger partial charge in [0.05, 0.1) is 34.7 Å². The molecule has 3 aromatic rings. The number of nitrogens with one attached hydrogen (secondary N) is 1. The molecule has 0 saturated heterocycles. The number of nitrogens with zero attached hydrogens (tertiary/aromatic N) is 1. The summed E-state index contributed by atoms with van der Waals surface area (Å²) in [5.41, 5.74) is 6.42. The molecule has 0 aliphatic carbocycles. The number of fused-ring (bicyclic) bond motifs is 1. The van der Waals surface area contributed by atoms with E-state index in [-0.39, 0.29) is 22.0 Å². The second-order valence-electron chi connectivity index (χ2n) is 5.99. The van der Waals surface area contributed by atoms with Crippen molar-refractivity contribution in [2.24, 2.45) is 5.73 Å². The van der Waals surface area contributed by atoms with Crippen LogP contribution in [0.5, 0.6) is 17.2 Å². The topological polar surface area (TPSA) is 121 Å². The Morgan fingerprint density at radius 3 is 2.59 bits per heavy atom. The molecule has 0 fully saturated rings. The first-order valence-electron chi connectivity index (χ1n) is 8.48. The number of ether oxygens (including phenoxy) is 2. The van der Waals surface area contributed by atoms with Crippen molar-refractivity contribution >= 4 is 44.1 Å². The first-order chi connectivity index (χ1) is 13.7. The molecule has 29 heavy (non-hydrogen) atoms. The Hall–Kier alpha value is -3.04. The average molecular weight is 436 g/mol. The van der Waals surface area contributed by atoms with Gasteiger partial charge in [-0.1, -0.05) is 11.6 Å². The highest BCUT2D eigenvalue weighted by Gasteiger charge is 2.15. The van der Waals surface area contributed by atoms with E-state index in [1.54, 1.807) is 30.5 Å². The van der Waals surface area contributed by atoms with Crippen LogP contribution in [0.15, 0.2) is 42.6 Å². The highest BCUT2D eigenvalue weighted by molar-refractivity contribution is 7.92. The molecular formula is C19H18ClN3O5S. The predicted molar refractivity (Wildman–Crippen MR) is 111 cm³/mol. The molecule has 1 amide bonds. The van der Waals surface area contributed by atoms with Gasteiger partial charge in [0, 0.05) is 23.7 Å². The van der Waals surface area contributed by atoms with Crippen LogP contribution < -0.4 is 19.9 Å². The van der Waals surface area contributed by atoms with E-state index in [1.165, 1.54) is 26.2 Å². The van der Waals surface area contributed by atoms with Crippen molar-refractivity contribution in [1.29, 1.82) is 0 Å². The summed E-state index contributed by atoms with van der Waals surface area (Å²) in [6.45, 7) is 1.53. The third kappa shape index (κ3) is 4.52. The lowest BCUT2D eigenvalue weighted by molar-refractivity contribution is 0.0997. The number of benzene rings is 2. The van der Waals surface area contributed by atoms with Crippen LogP contribution in [0.1, 0.15) is 17.3 Å². The van der Waals surface area contributed by atoms with Crippen LogP contribution >= 0.6 is 11.6 Å². The van der Waals surface area contributed by atoms with Gasteiger partial charge in [-0.25, -0.2) is 8.42 Å². The highest BCUT2D eigenvalue weighted by Crippen LogP contribution is 2.35. The van der Waals surface area contributed by atoms with Crippen molar-refractivity contribution in [3.63, 3.8) is 0 Å². The minimum absolute atomic E-state index is 0.0732. The largest absolute Gasteiger partial charge is 0.496 e. The van der Waals surface area contributed by atoms with E-state index < -0.39 is 15.9 Å². The van der Waals surface area contributed by atoms with Crippen LogP contribution in [-0.4, -0.2) is 32.2 Å². The van der Waals surface area contributed by atoms with Crippen molar-refractivity contribution in [3.05, 3.63) is 53.2 Å². The van der Waals surface area contributed by atoms with Crippen molar-refractivity contribution in [3.8, 4) is 17.2 Å². The third-order valence-electron chi connectivity index (χ3n) is 4.10. The van der Waals surface area contributed by atoms with Gasteiger partial charge in [-0.15, -0.1) is 0 Å². The molecule has 2 aromatic carbocycles. The molecule has 3 N–H and O–H groups in total. The highest BCUT2D eigenvalue weighted by atomic mass is 35.5. The molecule has 10 heteroatoms. The van der Waals surface area contributed by atoms with E-state index in [1.807, 2.05) is 0 Å². The van der Waals surface area contributed by atoms with E-state index in [0.717, 1.165) is 0 Å². The molecule has 0 aliphatic rings. The molecule has 0 bridgehead atoms. The van der Waals surface area contributed by atoms with Gasteiger partial charge in [0.25, 0.3) is 5.91 Å². The first kappa shape index (κ1) is 20.7. The number of carbonyl (C=O) groups excluding carboxylic acids is 1. The Bertz CT molecular complexity index is 1200. The fraction of sp³-hybridized carbons (Fsp3) is 0.158. The van der Waals surface area contributed by atoms with Crippen LogP contribution in [0.3, 0.4) is 0 Å². The van der Waals surface area contributed by atoms with Gasteiger partial charge in [-0.2, -0.15) is 0 Å². The number of methoxy groups -OCH3 is 1. The van der Waals surface area contributed by atoms with Gasteiger partial charge in [-0.3, -0.25) is 14.5 Å². The van der Waals surface area contributed by atoms with Crippen molar-refractivity contribution < 1.29 is 22.7 Å². The average Bonchev–Trinajstić information content (AvgIpc) is 2.69. The minimum Gasteiger partial charge on any atom is -0.496 e. The summed E-state index contributed by atoms with van der Waals surface area (Å²) in [5.74, 6) is 0.381.